The molecule has 21 heavy (non-hydrogen) atoms. The first-order valence-electron chi connectivity index (χ1n) is 6.91. The summed E-state index contributed by atoms with van der Waals surface area (Å²) >= 11 is 0. The Hall–Kier alpha value is -2.53. The number of nitrogens with two attached hydrogens (primary N) is 1. The van der Waals surface area contributed by atoms with E-state index in [0.29, 0.717) is 19.8 Å². The molecule has 2 aromatic heterocycles. The molecule has 0 saturated heterocycles. The van der Waals surface area contributed by atoms with E-state index in [-0.39, 0.29) is 0 Å². The molecule has 0 spiro atoms. The van der Waals surface area contributed by atoms with Crippen molar-refractivity contribution in [1.29, 1.82) is 0 Å². The molecule has 1 aliphatic rings. The van der Waals surface area contributed by atoms with Crippen LogP contribution in [0.5, 0.6) is 11.5 Å². The zero-order valence-corrected chi connectivity index (χ0v) is 11.5. The Morgan fingerprint density at radius 1 is 1.10 bits per heavy atom. The van der Waals surface area contributed by atoms with Gasteiger partial charge in [0.25, 0.3) is 0 Å². The Morgan fingerprint density at radius 3 is 2.81 bits per heavy atom. The minimum atomic E-state index is 0.517. The van der Waals surface area contributed by atoms with Crippen LogP contribution in [0.3, 0.4) is 0 Å². The lowest BCUT2D eigenvalue weighted by Crippen LogP contribution is -2.15. The average molecular weight is 281 g/mol. The zero-order chi connectivity index (χ0) is 14.2. The first-order chi connectivity index (χ1) is 10.3. The molecular formula is C16H15N3O2. The molecule has 3 heterocycles. The lowest BCUT2D eigenvalue weighted by atomic mass is 10.1. The van der Waals surface area contributed by atoms with E-state index in [4.69, 9.17) is 15.2 Å². The molecule has 0 radical (unpaired) electrons. The molecule has 0 fully saturated rings. The molecule has 5 nitrogen and oxygen atoms in total. The molecule has 1 aromatic carbocycles. The predicted octanol–water partition coefficient (Wildman–Crippen LogP) is 2.23. The number of pyridine rings is 1. The van der Waals surface area contributed by atoms with Crippen molar-refractivity contribution in [3.05, 3.63) is 48.3 Å². The molecule has 4 rings (SSSR count). The summed E-state index contributed by atoms with van der Waals surface area (Å²) < 4.78 is 13.2. The van der Waals surface area contributed by atoms with Crippen molar-refractivity contribution in [2.45, 2.75) is 6.54 Å². The van der Waals surface area contributed by atoms with E-state index in [1.807, 2.05) is 47.1 Å². The first kappa shape index (κ1) is 12.2. The van der Waals surface area contributed by atoms with Crippen molar-refractivity contribution in [1.82, 2.24) is 9.38 Å². The second-order valence-corrected chi connectivity index (χ2v) is 4.99. The minimum Gasteiger partial charge on any atom is -0.486 e. The van der Waals surface area contributed by atoms with Crippen LogP contribution in [0.2, 0.25) is 0 Å². The van der Waals surface area contributed by atoms with E-state index in [0.717, 1.165) is 34.0 Å². The van der Waals surface area contributed by atoms with Crippen LogP contribution >= 0.6 is 0 Å². The lowest BCUT2D eigenvalue weighted by molar-refractivity contribution is 0.171. The van der Waals surface area contributed by atoms with Gasteiger partial charge in [0, 0.05) is 24.5 Å². The molecule has 2 N–H and O–H groups in total. The zero-order valence-electron chi connectivity index (χ0n) is 11.5. The van der Waals surface area contributed by atoms with E-state index in [1.165, 1.54) is 0 Å². The van der Waals surface area contributed by atoms with Gasteiger partial charge in [-0.2, -0.15) is 0 Å². The molecule has 106 valence electrons. The summed E-state index contributed by atoms with van der Waals surface area (Å²) in [5.74, 6) is 1.57. The maximum absolute atomic E-state index is 5.67. The van der Waals surface area contributed by atoms with Gasteiger partial charge < -0.3 is 19.6 Å². The van der Waals surface area contributed by atoms with Gasteiger partial charge in [-0.3, -0.25) is 0 Å². The molecule has 0 bridgehead atoms. The van der Waals surface area contributed by atoms with Gasteiger partial charge in [-0.15, -0.1) is 0 Å². The fourth-order valence-electron chi connectivity index (χ4n) is 2.49. The van der Waals surface area contributed by atoms with Crippen LogP contribution in [0.15, 0.2) is 42.7 Å². The molecule has 0 aliphatic carbocycles. The average Bonchev–Trinajstić information content (AvgIpc) is 2.97. The molecule has 0 unspecified atom stereocenters. The Bertz CT molecular complexity index is 810. The highest BCUT2D eigenvalue weighted by atomic mass is 16.6. The van der Waals surface area contributed by atoms with Crippen molar-refractivity contribution in [3.8, 4) is 22.8 Å². The molecule has 3 aromatic rings. The summed E-state index contributed by atoms with van der Waals surface area (Å²) in [5.41, 5.74) is 9.55. The Balaban J connectivity index is 1.78. The Morgan fingerprint density at radius 2 is 1.95 bits per heavy atom. The molecule has 5 heteroatoms. The number of benzene rings is 1. The fraction of sp³-hybridized carbons (Fsp3) is 0.188. The van der Waals surface area contributed by atoms with Crippen LogP contribution in [0.4, 0.5) is 0 Å². The summed E-state index contributed by atoms with van der Waals surface area (Å²) in [6.07, 6.45) is 3.98. The summed E-state index contributed by atoms with van der Waals surface area (Å²) in [4.78, 5) is 4.65. The number of nitrogens with zero attached hydrogens (tertiary/aromatic N) is 2. The fourth-order valence-corrected chi connectivity index (χ4v) is 2.49. The van der Waals surface area contributed by atoms with Crippen LogP contribution in [-0.4, -0.2) is 22.6 Å². The highest BCUT2D eigenvalue weighted by Gasteiger charge is 2.13. The van der Waals surface area contributed by atoms with E-state index in [1.54, 1.807) is 0 Å². The largest absolute Gasteiger partial charge is 0.486 e. The summed E-state index contributed by atoms with van der Waals surface area (Å²) in [5, 5.41) is 0. The molecule has 0 saturated carbocycles. The van der Waals surface area contributed by atoms with Gasteiger partial charge in [-0.25, -0.2) is 4.98 Å². The highest BCUT2D eigenvalue weighted by molar-refractivity contribution is 5.66. The Labute approximate surface area is 121 Å². The van der Waals surface area contributed by atoms with E-state index in [2.05, 4.69) is 4.98 Å². The van der Waals surface area contributed by atoms with Crippen molar-refractivity contribution in [2.24, 2.45) is 5.73 Å². The highest BCUT2D eigenvalue weighted by Crippen LogP contribution is 2.34. The van der Waals surface area contributed by atoms with Crippen LogP contribution in [0.1, 0.15) is 5.56 Å². The van der Waals surface area contributed by atoms with Crippen molar-refractivity contribution in [2.75, 3.05) is 13.2 Å². The third kappa shape index (κ3) is 2.11. The van der Waals surface area contributed by atoms with Gasteiger partial charge in [-0.1, -0.05) is 0 Å². The predicted molar refractivity (Wildman–Crippen MR) is 79.5 cm³/mol. The Kier molecular flexibility index (Phi) is 2.79. The topological polar surface area (TPSA) is 61.8 Å². The number of hydrogen-bond donors (Lipinski definition) is 1. The minimum absolute atomic E-state index is 0.517. The second-order valence-electron chi connectivity index (χ2n) is 4.99. The maximum atomic E-state index is 5.67. The molecule has 0 atom stereocenters. The normalized spacial score (nSPS) is 13.6. The number of rotatable bonds is 2. The van der Waals surface area contributed by atoms with Crippen LogP contribution < -0.4 is 15.2 Å². The molecule has 1 aliphatic heterocycles. The maximum Gasteiger partial charge on any atom is 0.162 e. The van der Waals surface area contributed by atoms with Gasteiger partial charge in [0.15, 0.2) is 11.5 Å². The van der Waals surface area contributed by atoms with Crippen molar-refractivity contribution < 1.29 is 9.47 Å². The standard InChI is InChI=1S/C16H15N3O2/c17-9-11-3-4-19-10-13(18-16(19)7-11)12-1-2-14-15(8-12)21-6-5-20-14/h1-4,7-8,10H,5-6,9,17H2. The third-order valence-electron chi connectivity index (χ3n) is 3.60. The second kappa shape index (κ2) is 4.79. The van der Waals surface area contributed by atoms with E-state index >= 15 is 0 Å². The number of fused-ring (bicyclic) bond motifs is 2. The van der Waals surface area contributed by atoms with E-state index < -0.39 is 0 Å². The quantitative estimate of drug-likeness (QED) is 0.782. The number of aromatic nitrogens is 2. The van der Waals surface area contributed by atoms with Gasteiger partial charge in [-0.05, 0) is 35.9 Å². The molecular weight excluding hydrogens is 266 g/mol. The summed E-state index contributed by atoms with van der Waals surface area (Å²) in [6.45, 7) is 1.70. The number of hydrogen-bond acceptors (Lipinski definition) is 4. The third-order valence-corrected chi connectivity index (χ3v) is 3.60. The molecule has 0 amide bonds. The van der Waals surface area contributed by atoms with Crippen LogP contribution in [0.25, 0.3) is 16.9 Å². The first-order valence-corrected chi connectivity index (χ1v) is 6.91. The number of ether oxygens (including phenoxy) is 2. The smallest absolute Gasteiger partial charge is 0.162 e. The van der Waals surface area contributed by atoms with Gasteiger partial charge in [0.05, 0.1) is 5.69 Å². The van der Waals surface area contributed by atoms with Crippen molar-refractivity contribution >= 4 is 5.65 Å². The van der Waals surface area contributed by atoms with E-state index in [9.17, 15) is 0 Å². The summed E-state index contributed by atoms with van der Waals surface area (Å²) in [7, 11) is 0. The van der Waals surface area contributed by atoms with Crippen LogP contribution in [-0.2, 0) is 6.54 Å². The lowest BCUT2D eigenvalue weighted by Gasteiger charge is -2.18. The van der Waals surface area contributed by atoms with Crippen LogP contribution in [0, 0.1) is 0 Å². The number of imidazole rings is 1. The van der Waals surface area contributed by atoms with Gasteiger partial charge in [0.2, 0.25) is 0 Å². The van der Waals surface area contributed by atoms with Gasteiger partial charge >= 0.3 is 0 Å². The summed E-state index contributed by atoms with van der Waals surface area (Å²) in [6, 6.07) is 9.90. The van der Waals surface area contributed by atoms with Gasteiger partial charge in [0.1, 0.15) is 18.9 Å². The monoisotopic (exact) mass is 281 g/mol. The van der Waals surface area contributed by atoms with Crippen molar-refractivity contribution in [3.63, 3.8) is 0 Å². The SMILES string of the molecule is NCc1ccn2cc(-c3ccc4c(c3)OCCO4)nc2c1.